The van der Waals surface area contributed by atoms with Crippen LogP contribution < -0.4 is 0 Å². The number of aliphatic imine (C=N–C) groups is 1. The summed E-state index contributed by atoms with van der Waals surface area (Å²) < 4.78 is 12.4. The predicted molar refractivity (Wildman–Crippen MR) is 152 cm³/mol. The quantitative estimate of drug-likeness (QED) is 0.309. The Morgan fingerprint density at radius 3 is 2.53 bits per heavy atom. The molecule has 0 aromatic rings. The maximum atomic E-state index is 12.2. The Hall–Kier alpha value is -1.98. The summed E-state index contributed by atoms with van der Waals surface area (Å²) in [5, 5.41) is 11.4. The van der Waals surface area contributed by atoms with Gasteiger partial charge in [-0.2, -0.15) is 0 Å². The lowest BCUT2D eigenvalue weighted by molar-refractivity contribution is -0.138. The number of carbonyl (C=O) groups is 1. The molecule has 0 aromatic heterocycles. The van der Waals surface area contributed by atoms with Crippen LogP contribution >= 0.6 is 0 Å². The van der Waals surface area contributed by atoms with Crippen LogP contribution in [0, 0.1) is 23.2 Å². The molecule has 1 saturated heterocycles. The Balaban J connectivity index is 1.57. The summed E-state index contributed by atoms with van der Waals surface area (Å²) in [7, 11) is 0. The number of rotatable bonds is 1. The number of fused-ring (bicyclic) bond motifs is 2. The molecule has 1 aliphatic carbocycles. The highest BCUT2D eigenvalue weighted by atomic mass is 16.5. The molecule has 0 radical (unpaired) electrons. The maximum Gasteiger partial charge on any atom is 0.334 e. The van der Waals surface area contributed by atoms with Crippen LogP contribution in [0.5, 0.6) is 0 Å². The van der Waals surface area contributed by atoms with E-state index in [1.54, 1.807) is 0 Å². The van der Waals surface area contributed by atoms with Crippen molar-refractivity contribution in [2.45, 2.75) is 117 Å². The minimum absolute atomic E-state index is 0.0372. The Labute approximate surface area is 229 Å². The fraction of sp³-hybridized carbons (Fsp3) is 0.697. The van der Waals surface area contributed by atoms with Crippen molar-refractivity contribution in [1.82, 2.24) is 0 Å². The molecule has 5 rings (SSSR count). The van der Waals surface area contributed by atoms with E-state index in [9.17, 15) is 9.90 Å². The Kier molecular flexibility index (Phi) is 7.90. The molecule has 4 aliphatic heterocycles. The zero-order chi connectivity index (χ0) is 27.2. The Bertz CT molecular complexity index is 1110. The average Bonchev–Trinajstić information content (AvgIpc) is 3.43. The molecular formula is C33H47NO4. The van der Waals surface area contributed by atoms with Crippen LogP contribution in [0.15, 0.2) is 51.1 Å². The van der Waals surface area contributed by atoms with E-state index >= 15 is 0 Å². The third kappa shape index (κ3) is 5.01. The molecule has 5 heteroatoms. The van der Waals surface area contributed by atoms with Crippen molar-refractivity contribution >= 4 is 11.7 Å². The summed E-state index contributed by atoms with van der Waals surface area (Å²) in [5.41, 5.74) is 6.90. The third-order valence-corrected chi connectivity index (χ3v) is 10.3. The topological polar surface area (TPSA) is 68.1 Å². The first-order valence-corrected chi connectivity index (χ1v) is 14.9. The van der Waals surface area contributed by atoms with Crippen LogP contribution in [0.25, 0.3) is 0 Å². The van der Waals surface area contributed by atoms with Gasteiger partial charge in [-0.1, -0.05) is 31.6 Å². The summed E-state index contributed by atoms with van der Waals surface area (Å²) in [5.74, 6) is 0.715. The summed E-state index contributed by atoms with van der Waals surface area (Å²) in [6.07, 6.45) is 14.1. The lowest BCUT2D eigenvalue weighted by Gasteiger charge is -2.48. The highest BCUT2D eigenvalue weighted by Gasteiger charge is 2.48. The molecule has 208 valence electrons. The molecule has 38 heavy (non-hydrogen) atoms. The van der Waals surface area contributed by atoms with Gasteiger partial charge in [-0.15, -0.1) is 0 Å². The fourth-order valence-corrected chi connectivity index (χ4v) is 7.93. The summed E-state index contributed by atoms with van der Waals surface area (Å²) in [4.78, 5) is 17.4. The second kappa shape index (κ2) is 10.9. The lowest BCUT2D eigenvalue weighted by Crippen LogP contribution is -2.44. The number of esters is 1. The van der Waals surface area contributed by atoms with Gasteiger partial charge in [0.25, 0.3) is 0 Å². The van der Waals surface area contributed by atoms with Gasteiger partial charge in [0.2, 0.25) is 0 Å². The Morgan fingerprint density at radius 1 is 1.00 bits per heavy atom. The summed E-state index contributed by atoms with van der Waals surface area (Å²) in [6, 6.07) is 0. The summed E-state index contributed by atoms with van der Waals surface area (Å²) in [6.45, 7) is 13.8. The maximum absolute atomic E-state index is 12.2. The van der Waals surface area contributed by atoms with Crippen LogP contribution in [0.4, 0.5) is 0 Å². The molecule has 5 aliphatic rings. The van der Waals surface area contributed by atoms with Crippen LogP contribution in [-0.4, -0.2) is 47.7 Å². The minimum Gasteiger partial charge on any atom is -0.450 e. The first kappa shape index (κ1) is 27.6. The molecule has 1 N–H and O–H groups in total. The number of carbonyl (C=O) groups excluding carboxylic acids is 1. The van der Waals surface area contributed by atoms with Gasteiger partial charge in [0.05, 0.1) is 18.3 Å². The first-order valence-electron chi connectivity index (χ1n) is 14.9. The summed E-state index contributed by atoms with van der Waals surface area (Å²) >= 11 is 0. The van der Waals surface area contributed by atoms with Crippen molar-refractivity contribution in [3.63, 3.8) is 0 Å². The fourth-order valence-electron chi connectivity index (χ4n) is 7.93. The van der Waals surface area contributed by atoms with Crippen molar-refractivity contribution in [1.29, 1.82) is 0 Å². The number of cyclic esters (lactones) is 1. The third-order valence-electron chi connectivity index (χ3n) is 10.3. The van der Waals surface area contributed by atoms with Gasteiger partial charge in [0.15, 0.2) is 0 Å². The van der Waals surface area contributed by atoms with E-state index in [2.05, 4.69) is 46.8 Å². The van der Waals surface area contributed by atoms with E-state index in [0.717, 1.165) is 57.1 Å². The van der Waals surface area contributed by atoms with Gasteiger partial charge in [0, 0.05) is 29.2 Å². The van der Waals surface area contributed by atoms with Crippen molar-refractivity contribution in [2.75, 3.05) is 6.54 Å². The van der Waals surface area contributed by atoms with Crippen LogP contribution in [0.3, 0.4) is 0 Å². The number of nitrogens with zero attached hydrogens (tertiary/aromatic N) is 1. The zero-order valence-electron chi connectivity index (χ0n) is 24.3. The highest BCUT2D eigenvalue weighted by Crippen LogP contribution is 2.53. The average molecular weight is 522 g/mol. The standard InChI is InChI=1S/C33H47NO4/c1-19-9-7-10-30-33(12-8-14-34-30)13-11-25(29-18-23(5)32(36)38-29)24(6)26(33)15-20(2)27(35)16-21(3)28-17-22(4)31(19)37-28/h9,15,18,21-22,26-29,31,35H,7-8,10-14,16-17H2,1-6H3. The van der Waals surface area contributed by atoms with E-state index in [1.807, 2.05) is 13.0 Å². The molecule has 5 nitrogen and oxygen atoms in total. The van der Waals surface area contributed by atoms with E-state index in [4.69, 9.17) is 14.5 Å². The SMILES string of the molecule is CC1=CC(C2=C(C)C3C=C(C)C(O)CC(C)C4CC(C)C(O4)C(C)=CCCC4=NCCCC43CC2)OC1=O. The predicted octanol–water partition coefficient (Wildman–Crippen LogP) is 6.67. The number of ether oxygens (including phenoxy) is 2. The smallest absolute Gasteiger partial charge is 0.334 e. The van der Waals surface area contributed by atoms with Gasteiger partial charge < -0.3 is 14.6 Å². The largest absolute Gasteiger partial charge is 0.450 e. The van der Waals surface area contributed by atoms with Gasteiger partial charge in [-0.3, -0.25) is 4.99 Å². The van der Waals surface area contributed by atoms with Crippen molar-refractivity contribution < 1.29 is 19.4 Å². The van der Waals surface area contributed by atoms with Crippen molar-refractivity contribution in [3.05, 3.63) is 46.1 Å². The molecule has 0 aromatic carbocycles. The minimum atomic E-state index is -0.504. The van der Waals surface area contributed by atoms with E-state index in [-0.39, 0.29) is 41.5 Å². The van der Waals surface area contributed by atoms with Crippen LogP contribution in [0.2, 0.25) is 0 Å². The second-order valence-corrected chi connectivity index (χ2v) is 12.9. The second-order valence-electron chi connectivity index (χ2n) is 12.9. The van der Waals surface area contributed by atoms with E-state index in [0.29, 0.717) is 17.9 Å². The molecule has 8 unspecified atom stereocenters. The molecule has 1 spiro atoms. The van der Waals surface area contributed by atoms with Crippen molar-refractivity contribution in [2.24, 2.45) is 28.2 Å². The molecular weight excluding hydrogens is 474 g/mol. The number of aliphatic hydroxyl groups excluding tert-OH is 1. The van der Waals surface area contributed by atoms with Gasteiger partial charge >= 0.3 is 5.97 Å². The van der Waals surface area contributed by atoms with Crippen LogP contribution in [-0.2, 0) is 14.3 Å². The van der Waals surface area contributed by atoms with E-state index in [1.165, 1.54) is 22.4 Å². The van der Waals surface area contributed by atoms with Gasteiger partial charge in [-0.05, 0) is 114 Å². The molecule has 2 bridgehead atoms. The monoisotopic (exact) mass is 521 g/mol. The highest BCUT2D eigenvalue weighted by molar-refractivity contribution is 5.93. The normalized spacial score (nSPS) is 40.6. The number of hydrogen-bond donors (Lipinski definition) is 1. The van der Waals surface area contributed by atoms with Gasteiger partial charge in [0.1, 0.15) is 6.10 Å². The first-order chi connectivity index (χ1) is 18.1. The van der Waals surface area contributed by atoms with Crippen LogP contribution in [0.1, 0.15) is 92.9 Å². The molecule has 4 heterocycles. The number of aliphatic hydroxyl groups is 1. The molecule has 8 atom stereocenters. The molecule has 1 fully saturated rings. The zero-order valence-corrected chi connectivity index (χ0v) is 24.3. The van der Waals surface area contributed by atoms with Crippen molar-refractivity contribution in [3.8, 4) is 0 Å². The molecule has 0 amide bonds. The lowest BCUT2D eigenvalue weighted by atomic mass is 9.57. The molecule has 0 saturated carbocycles. The number of hydrogen-bond acceptors (Lipinski definition) is 5. The van der Waals surface area contributed by atoms with Gasteiger partial charge in [-0.25, -0.2) is 4.79 Å². The number of allylic oxidation sites excluding steroid dienone is 3. The Morgan fingerprint density at radius 2 is 1.79 bits per heavy atom. The van der Waals surface area contributed by atoms with E-state index < -0.39 is 6.10 Å².